The fraction of sp³-hybridized carbons (Fsp3) is 0.412. The van der Waals surface area contributed by atoms with Gasteiger partial charge < -0.3 is 26.3 Å². The highest BCUT2D eigenvalue weighted by Crippen LogP contribution is 2.25. The maximum absolute atomic E-state index is 11.8. The highest BCUT2D eigenvalue weighted by molar-refractivity contribution is 5.99. The summed E-state index contributed by atoms with van der Waals surface area (Å²) < 4.78 is 8.97. The van der Waals surface area contributed by atoms with Gasteiger partial charge in [-0.15, -0.1) is 0 Å². The number of carbonyl (C=O) groups excluding carboxylic acids is 1. The van der Waals surface area contributed by atoms with Crippen LogP contribution in [0, 0.1) is 10.1 Å². The lowest BCUT2D eigenvalue weighted by atomic mass is 10.1. The molecule has 0 spiro atoms. The van der Waals surface area contributed by atoms with Crippen molar-refractivity contribution in [2.75, 3.05) is 19.7 Å². The van der Waals surface area contributed by atoms with Crippen LogP contribution in [0.2, 0.25) is 0 Å². The van der Waals surface area contributed by atoms with Crippen LogP contribution in [0.1, 0.15) is 25.3 Å². The molecule has 1 fully saturated rings. The molecule has 2 heterocycles. The van der Waals surface area contributed by atoms with Crippen molar-refractivity contribution < 1.29 is 36.0 Å². The van der Waals surface area contributed by atoms with E-state index >= 15 is 0 Å². The number of nitro benzene ring substituents is 1. The van der Waals surface area contributed by atoms with E-state index in [9.17, 15) is 14.9 Å². The number of nitrogens with zero attached hydrogens (tertiary/aromatic N) is 3. The van der Waals surface area contributed by atoms with Crippen molar-refractivity contribution in [3.8, 4) is 0 Å². The number of fused-ring (bicyclic) bond motifs is 1. The van der Waals surface area contributed by atoms with Crippen molar-refractivity contribution in [2.24, 2.45) is 0 Å². The van der Waals surface area contributed by atoms with Crippen LogP contribution in [0.5, 0.6) is 0 Å². The Balaban J connectivity index is 0.00000225. The molecule has 1 aromatic carbocycles. The van der Waals surface area contributed by atoms with Crippen LogP contribution in [-0.2, 0) is 16.1 Å². The summed E-state index contributed by atoms with van der Waals surface area (Å²) in [5, 5.41) is 12.0. The van der Waals surface area contributed by atoms with Crippen LogP contribution < -0.4 is 17.0 Å². The number of aromatic nitrogens is 1. The van der Waals surface area contributed by atoms with Gasteiger partial charge in [-0.25, -0.2) is 4.58 Å². The normalized spacial score (nSPS) is 13.6. The van der Waals surface area contributed by atoms with Gasteiger partial charge in [0, 0.05) is 36.6 Å². The zero-order valence-electron chi connectivity index (χ0n) is 14.0. The number of esters is 1. The van der Waals surface area contributed by atoms with Crippen LogP contribution in [0.4, 0.5) is 5.69 Å². The van der Waals surface area contributed by atoms with E-state index in [0.717, 1.165) is 24.0 Å². The van der Waals surface area contributed by atoms with E-state index in [4.69, 9.17) is 4.74 Å². The van der Waals surface area contributed by atoms with Crippen molar-refractivity contribution in [1.82, 2.24) is 4.57 Å². The van der Waals surface area contributed by atoms with Gasteiger partial charge in [0.1, 0.15) is 19.6 Å². The van der Waals surface area contributed by atoms with E-state index in [-0.39, 0.29) is 35.2 Å². The zero-order valence-corrected chi connectivity index (χ0v) is 15.6. The molecule has 1 aliphatic rings. The van der Waals surface area contributed by atoms with Crippen molar-refractivity contribution >= 4 is 28.8 Å². The number of nitro groups is 1. The number of carbonyl (C=O) groups is 1. The number of non-ortho nitro benzene ring substituents is 1. The molecule has 2 aromatic rings. The van der Waals surface area contributed by atoms with Gasteiger partial charge in [-0.3, -0.25) is 14.9 Å². The van der Waals surface area contributed by atoms with Crippen LogP contribution in [0.25, 0.3) is 10.9 Å². The Hall–Kier alpha value is -2.22. The molecule has 0 unspecified atom stereocenters. The third-order valence-electron chi connectivity index (χ3n) is 4.17. The Morgan fingerprint density at radius 2 is 2.12 bits per heavy atom. The summed E-state index contributed by atoms with van der Waals surface area (Å²) in [7, 11) is 0. The second-order valence-corrected chi connectivity index (χ2v) is 5.85. The van der Waals surface area contributed by atoms with Crippen molar-refractivity contribution in [3.63, 3.8) is 0 Å². The average Bonchev–Trinajstić information content (AvgIpc) is 3.16. The molecule has 0 amide bonds. The van der Waals surface area contributed by atoms with Gasteiger partial charge in [-0.2, -0.15) is 0 Å². The van der Waals surface area contributed by atoms with Gasteiger partial charge in [0.25, 0.3) is 5.69 Å². The smallest absolute Gasteiger partial charge is 0.325 e. The molecule has 7 nitrogen and oxygen atoms in total. The Kier molecular flexibility index (Phi) is 6.30. The lowest BCUT2D eigenvalue weighted by Gasteiger charge is -2.04. The molecule has 3 rings (SSSR count). The minimum absolute atomic E-state index is 0. The zero-order chi connectivity index (χ0) is 17.1. The Labute approximate surface area is 155 Å². The molecule has 0 saturated carbocycles. The van der Waals surface area contributed by atoms with Gasteiger partial charge >= 0.3 is 5.97 Å². The Bertz CT molecular complexity index is 821. The molecule has 0 atom stereocenters. The first-order valence-corrected chi connectivity index (χ1v) is 8.10. The first kappa shape index (κ1) is 19.1. The molecule has 0 N–H and O–H groups in total. The van der Waals surface area contributed by atoms with E-state index in [1.54, 1.807) is 17.6 Å². The predicted molar refractivity (Wildman–Crippen MR) is 89.6 cm³/mol. The van der Waals surface area contributed by atoms with E-state index in [0.29, 0.717) is 12.1 Å². The summed E-state index contributed by atoms with van der Waals surface area (Å²) in [5.41, 5.74) is 1.65. The van der Waals surface area contributed by atoms with Crippen LogP contribution in [-0.4, -0.2) is 45.9 Å². The molecule has 0 aliphatic carbocycles. The summed E-state index contributed by atoms with van der Waals surface area (Å²) in [6, 6.07) is 4.76. The predicted octanol–water partition coefficient (Wildman–Crippen LogP) is -0.658. The minimum Gasteiger partial charge on any atom is -1.00 e. The molecule has 1 aromatic heterocycles. The Morgan fingerprint density at radius 3 is 2.76 bits per heavy atom. The van der Waals surface area contributed by atoms with Crippen molar-refractivity contribution in [1.29, 1.82) is 0 Å². The average molecular weight is 410 g/mol. The second-order valence-electron chi connectivity index (χ2n) is 5.85. The maximum atomic E-state index is 11.8. The number of ether oxygens (including phenoxy) is 1. The second kappa shape index (κ2) is 8.24. The van der Waals surface area contributed by atoms with Gasteiger partial charge in [0.15, 0.2) is 6.21 Å². The molecule has 0 radical (unpaired) electrons. The van der Waals surface area contributed by atoms with Gasteiger partial charge in [-0.05, 0) is 13.0 Å². The standard InChI is InChI=1S/C17H20N3O4.BrH/c1-2-24-17(21)12-19-11-13(10-18-7-3-4-8-18)15-6-5-14(20(22)23)9-16(15)19;/h5-6,9-11H,2-4,7-8,12H2,1H3;1H/q+1;/p-1. The van der Waals surface area contributed by atoms with E-state index in [1.807, 2.05) is 6.20 Å². The first-order chi connectivity index (χ1) is 11.6. The Morgan fingerprint density at radius 1 is 1.40 bits per heavy atom. The van der Waals surface area contributed by atoms with Crippen molar-refractivity contribution in [2.45, 2.75) is 26.3 Å². The summed E-state index contributed by atoms with van der Waals surface area (Å²) >= 11 is 0. The monoisotopic (exact) mass is 409 g/mol. The van der Waals surface area contributed by atoms with Crippen LogP contribution in [0.15, 0.2) is 24.4 Å². The number of rotatable bonds is 5. The van der Waals surface area contributed by atoms with Gasteiger partial charge in [0.05, 0.1) is 22.6 Å². The fourth-order valence-electron chi connectivity index (χ4n) is 3.07. The van der Waals surface area contributed by atoms with Crippen LogP contribution in [0.3, 0.4) is 0 Å². The van der Waals surface area contributed by atoms with E-state index in [1.165, 1.54) is 25.0 Å². The molecule has 0 bridgehead atoms. The largest absolute Gasteiger partial charge is 1.00 e. The quantitative estimate of drug-likeness (QED) is 0.284. The molecular weight excluding hydrogens is 390 g/mol. The maximum Gasteiger partial charge on any atom is 0.325 e. The highest BCUT2D eigenvalue weighted by atomic mass is 79.9. The number of hydrogen-bond donors (Lipinski definition) is 0. The summed E-state index contributed by atoms with van der Waals surface area (Å²) in [6.07, 6.45) is 6.28. The first-order valence-electron chi connectivity index (χ1n) is 8.10. The minimum atomic E-state index is -0.426. The number of halogens is 1. The third kappa shape index (κ3) is 4.25. The molecule has 25 heavy (non-hydrogen) atoms. The number of benzene rings is 1. The van der Waals surface area contributed by atoms with Gasteiger partial charge in [0.2, 0.25) is 0 Å². The summed E-state index contributed by atoms with van der Waals surface area (Å²) in [5.74, 6) is -0.353. The summed E-state index contributed by atoms with van der Waals surface area (Å²) in [4.78, 5) is 22.5. The number of hydrogen-bond acceptors (Lipinski definition) is 4. The molecule has 1 saturated heterocycles. The molecular formula is C17H20BrN3O4. The van der Waals surface area contributed by atoms with E-state index in [2.05, 4.69) is 10.8 Å². The molecule has 8 heteroatoms. The van der Waals surface area contributed by atoms with Crippen molar-refractivity contribution in [3.05, 3.63) is 40.1 Å². The van der Waals surface area contributed by atoms with Gasteiger partial charge in [-0.1, -0.05) is 0 Å². The van der Waals surface area contributed by atoms with Crippen LogP contribution >= 0.6 is 0 Å². The lowest BCUT2D eigenvalue weighted by Crippen LogP contribution is -3.00. The third-order valence-corrected chi connectivity index (χ3v) is 4.17. The molecule has 134 valence electrons. The van der Waals surface area contributed by atoms with E-state index < -0.39 is 4.92 Å². The SMILES string of the molecule is CCOC(=O)Cn1cc(C=[N+]2CCCC2)c2ccc([N+](=O)[O-])cc21.[Br-]. The summed E-state index contributed by atoms with van der Waals surface area (Å²) in [6.45, 7) is 4.13. The topological polar surface area (TPSA) is 77.4 Å². The fourth-order valence-corrected chi connectivity index (χ4v) is 3.07. The lowest BCUT2D eigenvalue weighted by molar-refractivity contribution is -0.500. The molecule has 1 aliphatic heterocycles. The highest BCUT2D eigenvalue weighted by Gasteiger charge is 2.18.